The van der Waals surface area contributed by atoms with Gasteiger partial charge in [0.15, 0.2) is 0 Å². The molecular formula is C9H18NS2. The van der Waals surface area contributed by atoms with Crippen LogP contribution in [0.4, 0.5) is 0 Å². The normalized spacial score (nSPS) is 23.8. The third-order valence-electron chi connectivity index (χ3n) is 2.00. The van der Waals surface area contributed by atoms with Crippen molar-refractivity contribution in [3.63, 3.8) is 0 Å². The van der Waals surface area contributed by atoms with E-state index in [9.17, 15) is 0 Å². The minimum atomic E-state index is 0.653. The lowest BCUT2D eigenvalue weighted by Crippen LogP contribution is -2.25. The highest BCUT2D eigenvalue weighted by atomic mass is 32.2. The van der Waals surface area contributed by atoms with Crippen LogP contribution in [0.25, 0.3) is 0 Å². The summed E-state index contributed by atoms with van der Waals surface area (Å²) >= 11 is 4.13. The van der Waals surface area contributed by atoms with Crippen LogP contribution in [0.5, 0.6) is 0 Å². The van der Waals surface area contributed by atoms with Gasteiger partial charge in [-0.15, -0.1) is 23.5 Å². The highest BCUT2D eigenvalue weighted by molar-refractivity contribution is 8.17. The summed E-state index contributed by atoms with van der Waals surface area (Å²) in [6.45, 7) is 5.58. The molecule has 1 heterocycles. The van der Waals surface area contributed by atoms with Crippen LogP contribution in [0.2, 0.25) is 0 Å². The topological polar surface area (TPSA) is 14.1 Å². The summed E-state index contributed by atoms with van der Waals surface area (Å²) in [5, 5.41) is 4.63. The minimum absolute atomic E-state index is 0.653. The molecular weight excluding hydrogens is 186 g/mol. The summed E-state index contributed by atoms with van der Waals surface area (Å²) in [5.41, 5.74) is 0. The lowest BCUT2D eigenvalue weighted by Gasteiger charge is -2.20. The van der Waals surface area contributed by atoms with Crippen LogP contribution in [0.1, 0.15) is 26.7 Å². The average Bonchev–Trinajstić information content (AvgIpc) is 2.56. The predicted octanol–water partition coefficient (Wildman–Crippen LogP) is 2.59. The van der Waals surface area contributed by atoms with Gasteiger partial charge in [-0.3, -0.25) is 0 Å². The molecule has 1 rings (SSSR count). The van der Waals surface area contributed by atoms with Crippen molar-refractivity contribution in [2.24, 2.45) is 0 Å². The Hall–Kier alpha value is 0.660. The summed E-state index contributed by atoms with van der Waals surface area (Å²) in [7, 11) is 0. The van der Waals surface area contributed by atoms with E-state index in [2.05, 4.69) is 42.7 Å². The van der Waals surface area contributed by atoms with Crippen LogP contribution in [0.15, 0.2) is 0 Å². The molecule has 0 bridgehead atoms. The molecule has 0 aromatic carbocycles. The molecule has 0 aromatic heterocycles. The second-order valence-electron chi connectivity index (χ2n) is 2.89. The van der Waals surface area contributed by atoms with Gasteiger partial charge in [0, 0.05) is 12.6 Å². The molecule has 0 spiro atoms. The van der Waals surface area contributed by atoms with Gasteiger partial charge >= 0.3 is 0 Å². The average molecular weight is 204 g/mol. The molecule has 1 saturated heterocycles. The maximum Gasteiger partial charge on any atom is 0.0671 e. The molecule has 1 nitrogen and oxygen atoms in total. The maximum absolute atomic E-state index is 4.63. The Labute approximate surface area is 84.4 Å². The third-order valence-corrected chi connectivity index (χ3v) is 4.77. The first-order valence-electron chi connectivity index (χ1n) is 4.78. The van der Waals surface area contributed by atoms with Crippen molar-refractivity contribution < 1.29 is 0 Å². The first-order chi connectivity index (χ1) is 5.88. The van der Waals surface area contributed by atoms with Crippen LogP contribution in [0.3, 0.4) is 0 Å². The molecule has 0 aliphatic carbocycles. The molecule has 1 radical (unpaired) electrons. The Morgan fingerprint density at radius 2 is 2.00 bits per heavy atom. The largest absolute Gasteiger partial charge is 0.236 e. The second kappa shape index (κ2) is 6.17. The Morgan fingerprint density at radius 1 is 1.33 bits per heavy atom. The van der Waals surface area contributed by atoms with Crippen molar-refractivity contribution in [1.82, 2.24) is 5.32 Å². The standard InChI is InChI=1S/C9H18NS2/c1-3-11-9(12-4-2)8-6-5-7-10-8/h8-9H,3-7H2,1-2H3/t8-/m0/s1. The zero-order valence-electron chi connectivity index (χ0n) is 7.95. The molecule has 1 fully saturated rings. The molecule has 0 saturated carbocycles. The number of rotatable bonds is 5. The van der Waals surface area contributed by atoms with E-state index in [0.29, 0.717) is 6.04 Å². The van der Waals surface area contributed by atoms with Crippen LogP contribution < -0.4 is 5.32 Å². The lowest BCUT2D eigenvalue weighted by atomic mass is 10.2. The molecule has 0 unspecified atom stereocenters. The zero-order chi connectivity index (χ0) is 8.81. The number of hydrogen-bond acceptors (Lipinski definition) is 2. The van der Waals surface area contributed by atoms with Crippen molar-refractivity contribution >= 4 is 23.5 Å². The first-order valence-corrected chi connectivity index (χ1v) is 6.88. The summed E-state index contributed by atoms with van der Waals surface area (Å²) in [4.78, 5) is 0. The predicted molar refractivity (Wildman–Crippen MR) is 60.1 cm³/mol. The number of hydrogen-bond donors (Lipinski definition) is 0. The fraction of sp³-hybridized carbons (Fsp3) is 1.00. The van der Waals surface area contributed by atoms with E-state index in [4.69, 9.17) is 0 Å². The Kier molecular flexibility index (Phi) is 5.52. The van der Waals surface area contributed by atoms with Crippen molar-refractivity contribution in [2.45, 2.75) is 37.3 Å². The molecule has 12 heavy (non-hydrogen) atoms. The summed E-state index contributed by atoms with van der Waals surface area (Å²) in [6, 6.07) is 0.653. The molecule has 0 N–H and O–H groups in total. The zero-order valence-corrected chi connectivity index (χ0v) is 9.59. The van der Waals surface area contributed by atoms with Crippen LogP contribution in [0, 0.1) is 0 Å². The highest BCUT2D eigenvalue weighted by Crippen LogP contribution is 2.30. The second-order valence-corrected chi connectivity index (χ2v) is 6.03. The quantitative estimate of drug-likeness (QED) is 0.639. The highest BCUT2D eigenvalue weighted by Gasteiger charge is 2.25. The van der Waals surface area contributed by atoms with E-state index in [0.717, 1.165) is 11.1 Å². The molecule has 1 atom stereocenters. The summed E-state index contributed by atoms with van der Waals surface area (Å²) in [6.07, 6.45) is 2.64. The van der Waals surface area contributed by atoms with Gasteiger partial charge in [0.2, 0.25) is 0 Å². The van der Waals surface area contributed by atoms with Gasteiger partial charge in [-0.25, -0.2) is 5.32 Å². The van der Waals surface area contributed by atoms with Crippen LogP contribution in [-0.2, 0) is 0 Å². The summed E-state index contributed by atoms with van der Waals surface area (Å²) < 4.78 is 0.738. The molecule has 0 amide bonds. The fourth-order valence-electron chi connectivity index (χ4n) is 1.47. The SMILES string of the molecule is CCSC(SCC)[C@@H]1CCC[N]1. The Balaban J connectivity index is 2.29. The van der Waals surface area contributed by atoms with E-state index in [-0.39, 0.29) is 0 Å². The van der Waals surface area contributed by atoms with Gasteiger partial charge in [0.25, 0.3) is 0 Å². The van der Waals surface area contributed by atoms with Crippen molar-refractivity contribution in [3.05, 3.63) is 0 Å². The first kappa shape index (κ1) is 10.7. The van der Waals surface area contributed by atoms with Gasteiger partial charge in [0.1, 0.15) is 0 Å². The molecule has 71 valence electrons. The van der Waals surface area contributed by atoms with Crippen LogP contribution in [-0.4, -0.2) is 28.7 Å². The number of thioether (sulfide) groups is 2. The van der Waals surface area contributed by atoms with Gasteiger partial charge in [-0.2, -0.15) is 0 Å². The van der Waals surface area contributed by atoms with Gasteiger partial charge in [0.05, 0.1) is 4.58 Å². The summed E-state index contributed by atoms with van der Waals surface area (Å²) in [5.74, 6) is 2.45. The van der Waals surface area contributed by atoms with E-state index in [1.165, 1.54) is 24.3 Å². The van der Waals surface area contributed by atoms with E-state index in [1.807, 2.05) is 0 Å². The molecule has 0 aromatic rings. The Morgan fingerprint density at radius 3 is 2.42 bits per heavy atom. The van der Waals surface area contributed by atoms with Crippen molar-refractivity contribution in [3.8, 4) is 0 Å². The van der Waals surface area contributed by atoms with E-state index in [1.54, 1.807) is 0 Å². The smallest absolute Gasteiger partial charge is 0.0671 e. The van der Waals surface area contributed by atoms with Gasteiger partial charge in [-0.05, 0) is 24.3 Å². The molecule has 1 aliphatic rings. The fourth-order valence-corrected chi connectivity index (χ4v) is 4.22. The van der Waals surface area contributed by atoms with Gasteiger partial charge < -0.3 is 0 Å². The van der Waals surface area contributed by atoms with Crippen LogP contribution >= 0.6 is 23.5 Å². The van der Waals surface area contributed by atoms with Gasteiger partial charge in [-0.1, -0.05) is 13.8 Å². The molecule has 1 aliphatic heterocycles. The van der Waals surface area contributed by atoms with Crippen molar-refractivity contribution in [2.75, 3.05) is 18.1 Å². The Bertz CT molecular complexity index is 107. The monoisotopic (exact) mass is 204 g/mol. The van der Waals surface area contributed by atoms with Crippen molar-refractivity contribution in [1.29, 1.82) is 0 Å². The van der Waals surface area contributed by atoms with E-state index >= 15 is 0 Å². The number of nitrogens with zero attached hydrogens (tertiary/aromatic N) is 1. The minimum Gasteiger partial charge on any atom is -0.236 e. The third kappa shape index (κ3) is 3.19. The molecule has 3 heteroatoms. The maximum atomic E-state index is 4.63. The lowest BCUT2D eigenvalue weighted by molar-refractivity contribution is 0.642. The van der Waals surface area contributed by atoms with E-state index < -0.39 is 0 Å².